The van der Waals surface area contributed by atoms with Crippen molar-refractivity contribution in [3.63, 3.8) is 0 Å². The van der Waals surface area contributed by atoms with Crippen LogP contribution in [0.4, 0.5) is 5.69 Å². The van der Waals surface area contributed by atoms with E-state index in [-0.39, 0.29) is 12.3 Å². The molecule has 0 bridgehead atoms. The number of methoxy groups -OCH3 is 1. The summed E-state index contributed by atoms with van der Waals surface area (Å²) in [5, 5.41) is 6.66. The molecule has 1 heterocycles. The number of benzene rings is 2. The van der Waals surface area contributed by atoms with Gasteiger partial charge < -0.3 is 10.1 Å². The van der Waals surface area contributed by atoms with Crippen LogP contribution in [0.15, 0.2) is 59.5 Å². The highest BCUT2D eigenvalue weighted by molar-refractivity contribution is 5.97. The number of hydrogen-bond acceptors (Lipinski definition) is 6. The van der Waals surface area contributed by atoms with Gasteiger partial charge in [-0.15, -0.1) is 0 Å². The van der Waals surface area contributed by atoms with Crippen LogP contribution in [-0.2, 0) is 11.3 Å². The van der Waals surface area contributed by atoms with Crippen LogP contribution in [0.3, 0.4) is 0 Å². The summed E-state index contributed by atoms with van der Waals surface area (Å²) in [5.74, 6) is 0.136. The van der Waals surface area contributed by atoms with Gasteiger partial charge in [0.05, 0.1) is 19.0 Å². The fourth-order valence-electron chi connectivity index (χ4n) is 2.53. The van der Waals surface area contributed by atoms with Crippen molar-refractivity contribution in [3.05, 3.63) is 70.8 Å². The molecule has 28 heavy (non-hydrogen) atoms. The molecule has 0 aliphatic rings. The van der Waals surface area contributed by atoms with Gasteiger partial charge in [-0.3, -0.25) is 9.59 Å². The molecule has 8 heteroatoms. The van der Waals surface area contributed by atoms with E-state index >= 15 is 0 Å². The molecule has 0 fully saturated rings. The topological polar surface area (TPSA) is 103 Å². The van der Waals surface area contributed by atoms with Crippen molar-refractivity contribution in [1.29, 1.82) is 0 Å². The summed E-state index contributed by atoms with van der Waals surface area (Å²) in [6.45, 7) is 1.15. The Morgan fingerprint density at radius 3 is 2.54 bits per heavy atom. The molecular formula is C20H18N4O4. The van der Waals surface area contributed by atoms with E-state index in [2.05, 4.69) is 15.4 Å². The predicted octanol–water partition coefficient (Wildman–Crippen LogP) is 2.16. The number of carbonyl (C=O) groups is 2. The molecule has 0 aliphatic carbocycles. The third kappa shape index (κ3) is 4.47. The molecule has 1 amide bonds. The molecule has 0 spiro atoms. The summed E-state index contributed by atoms with van der Waals surface area (Å²) in [7, 11) is 1.57. The van der Waals surface area contributed by atoms with Crippen molar-refractivity contribution >= 4 is 17.4 Å². The zero-order valence-corrected chi connectivity index (χ0v) is 15.4. The summed E-state index contributed by atoms with van der Waals surface area (Å²) in [5.41, 5.74) is 1.43. The summed E-state index contributed by atoms with van der Waals surface area (Å²) in [6.07, 6.45) is 1.42. The highest BCUT2D eigenvalue weighted by atomic mass is 16.5. The first-order chi connectivity index (χ1) is 13.5. The molecule has 142 valence electrons. The van der Waals surface area contributed by atoms with Gasteiger partial charge in [0.15, 0.2) is 5.78 Å². The standard InChI is InChI=1S/C20H18N4O4/c1-13(25)15-4-3-5-16(10-15)22-19(26)12-24-20(27)23-18(11-21-24)14-6-8-17(28-2)9-7-14/h3-11H,12H2,1-2H3,(H,22,26). The minimum atomic E-state index is -0.638. The number of carbonyl (C=O) groups excluding carboxylic acids is 2. The number of rotatable bonds is 6. The molecule has 0 saturated heterocycles. The van der Waals surface area contributed by atoms with E-state index < -0.39 is 11.6 Å². The third-order valence-electron chi connectivity index (χ3n) is 3.99. The number of anilines is 1. The van der Waals surface area contributed by atoms with Crippen LogP contribution in [0.1, 0.15) is 17.3 Å². The van der Waals surface area contributed by atoms with Gasteiger partial charge >= 0.3 is 5.69 Å². The number of Topliss-reactive ketones (excluding diaryl/α,β-unsaturated/α-hetero) is 1. The van der Waals surface area contributed by atoms with Gasteiger partial charge in [-0.2, -0.15) is 10.1 Å². The van der Waals surface area contributed by atoms with Gasteiger partial charge in [0.1, 0.15) is 12.3 Å². The SMILES string of the molecule is COc1ccc(-c2cnn(CC(=O)Nc3cccc(C(C)=O)c3)c(=O)n2)cc1. The van der Waals surface area contributed by atoms with Crippen molar-refractivity contribution < 1.29 is 14.3 Å². The maximum Gasteiger partial charge on any atom is 0.365 e. The van der Waals surface area contributed by atoms with Crippen molar-refractivity contribution in [1.82, 2.24) is 14.8 Å². The van der Waals surface area contributed by atoms with Crippen molar-refractivity contribution in [2.45, 2.75) is 13.5 Å². The van der Waals surface area contributed by atoms with Crippen LogP contribution in [-0.4, -0.2) is 33.6 Å². The molecule has 3 aromatic rings. The predicted molar refractivity (Wildman–Crippen MR) is 103 cm³/mol. The number of amides is 1. The Kier molecular flexibility index (Phi) is 5.59. The van der Waals surface area contributed by atoms with Gasteiger partial charge in [-0.25, -0.2) is 9.48 Å². The first-order valence-corrected chi connectivity index (χ1v) is 8.45. The lowest BCUT2D eigenvalue weighted by atomic mass is 10.1. The molecule has 0 atom stereocenters. The number of ether oxygens (including phenoxy) is 1. The highest BCUT2D eigenvalue weighted by Crippen LogP contribution is 2.18. The second kappa shape index (κ2) is 8.26. The average molecular weight is 378 g/mol. The van der Waals surface area contributed by atoms with Crippen LogP contribution in [0.2, 0.25) is 0 Å². The van der Waals surface area contributed by atoms with Crippen molar-refractivity contribution in [2.75, 3.05) is 12.4 Å². The van der Waals surface area contributed by atoms with Crippen LogP contribution in [0.25, 0.3) is 11.3 Å². The summed E-state index contributed by atoms with van der Waals surface area (Å²) < 4.78 is 6.07. The molecule has 0 radical (unpaired) electrons. The van der Waals surface area contributed by atoms with Crippen LogP contribution < -0.4 is 15.7 Å². The Labute approximate surface area is 160 Å². The quantitative estimate of drug-likeness (QED) is 0.659. The third-order valence-corrected chi connectivity index (χ3v) is 3.99. The second-order valence-corrected chi connectivity index (χ2v) is 6.00. The normalized spacial score (nSPS) is 10.4. The molecule has 1 N–H and O–H groups in total. The van der Waals surface area contributed by atoms with E-state index in [4.69, 9.17) is 4.74 Å². The minimum absolute atomic E-state index is 0.104. The lowest BCUT2D eigenvalue weighted by Crippen LogP contribution is -2.31. The molecule has 8 nitrogen and oxygen atoms in total. The Hall–Kier alpha value is -3.81. The maximum atomic E-state index is 12.2. The zero-order valence-electron chi connectivity index (χ0n) is 15.4. The average Bonchev–Trinajstić information content (AvgIpc) is 2.69. The molecule has 2 aromatic carbocycles. The Morgan fingerprint density at radius 1 is 1.14 bits per heavy atom. The van der Waals surface area contributed by atoms with E-state index in [1.807, 2.05) is 0 Å². The van der Waals surface area contributed by atoms with Crippen LogP contribution in [0, 0.1) is 0 Å². The number of nitrogens with one attached hydrogen (secondary N) is 1. The smallest absolute Gasteiger partial charge is 0.365 e. The van der Waals surface area contributed by atoms with Gasteiger partial charge in [0.25, 0.3) is 0 Å². The van der Waals surface area contributed by atoms with Crippen LogP contribution in [0.5, 0.6) is 5.75 Å². The summed E-state index contributed by atoms with van der Waals surface area (Å²) in [6, 6.07) is 13.6. The number of nitrogens with zero attached hydrogens (tertiary/aromatic N) is 3. The Morgan fingerprint density at radius 2 is 1.89 bits per heavy atom. The Balaban J connectivity index is 1.72. The molecule has 0 unspecified atom stereocenters. The Bertz CT molecular complexity index is 1070. The molecule has 3 rings (SSSR count). The molecule has 0 saturated carbocycles. The maximum absolute atomic E-state index is 12.2. The summed E-state index contributed by atoms with van der Waals surface area (Å²) in [4.78, 5) is 39.8. The van der Waals surface area contributed by atoms with Gasteiger partial charge in [0, 0.05) is 16.8 Å². The zero-order chi connectivity index (χ0) is 20.1. The molecular weight excluding hydrogens is 360 g/mol. The fourth-order valence-corrected chi connectivity index (χ4v) is 2.53. The van der Waals surface area contributed by atoms with Gasteiger partial charge in [0.2, 0.25) is 5.91 Å². The van der Waals surface area contributed by atoms with Gasteiger partial charge in [-0.1, -0.05) is 12.1 Å². The first kappa shape index (κ1) is 19.0. The molecule has 1 aromatic heterocycles. The van der Waals surface area contributed by atoms with Gasteiger partial charge in [-0.05, 0) is 43.3 Å². The minimum Gasteiger partial charge on any atom is -0.497 e. The number of ketones is 1. The lowest BCUT2D eigenvalue weighted by Gasteiger charge is -2.08. The highest BCUT2D eigenvalue weighted by Gasteiger charge is 2.10. The van der Waals surface area contributed by atoms with E-state index in [1.165, 1.54) is 13.1 Å². The second-order valence-electron chi connectivity index (χ2n) is 6.00. The summed E-state index contributed by atoms with van der Waals surface area (Å²) >= 11 is 0. The van der Waals surface area contributed by atoms with E-state index in [0.29, 0.717) is 28.3 Å². The molecule has 0 aliphatic heterocycles. The number of aromatic nitrogens is 3. The van der Waals surface area contributed by atoms with E-state index in [9.17, 15) is 14.4 Å². The largest absolute Gasteiger partial charge is 0.497 e. The monoisotopic (exact) mass is 378 g/mol. The van der Waals surface area contributed by atoms with Crippen molar-refractivity contribution in [2.24, 2.45) is 0 Å². The lowest BCUT2D eigenvalue weighted by molar-refractivity contribution is -0.117. The van der Waals surface area contributed by atoms with E-state index in [0.717, 1.165) is 4.68 Å². The number of hydrogen-bond donors (Lipinski definition) is 1. The van der Waals surface area contributed by atoms with Crippen LogP contribution >= 0.6 is 0 Å². The first-order valence-electron chi connectivity index (χ1n) is 8.45. The van der Waals surface area contributed by atoms with Crippen molar-refractivity contribution in [3.8, 4) is 17.0 Å². The van der Waals surface area contributed by atoms with E-state index in [1.54, 1.807) is 55.6 Å². The fraction of sp³-hybridized carbons (Fsp3) is 0.150.